The van der Waals surface area contributed by atoms with Crippen LogP contribution in [0.25, 0.3) is 32.7 Å². The number of fused-ring (bicyclic) bond motifs is 2. The number of carbonyl (C=O) groups excluding carboxylic acids is 2. The average molecular weight is 521 g/mol. The van der Waals surface area contributed by atoms with Gasteiger partial charge in [0.15, 0.2) is 35.6 Å². The zero-order valence-corrected chi connectivity index (χ0v) is 22.0. The minimum atomic E-state index is -0.661. The molecule has 0 spiro atoms. The van der Waals surface area contributed by atoms with E-state index in [2.05, 4.69) is 0 Å². The minimum absolute atomic E-state index is 0.00512. The van der Waals surface area contributed by atoms with Gasteiger partial charge in [-0.25, -0.2) is 0 Å². The fourth-order valence-electron chi connectivity index (χ4n) is 5.60. The summed E-state index contributed by atoms with van der Waals surface area (Å²) in [4.78, 5) is 24.0. The average Bonchev–Trinajstić information content (AvgIpc) is 2.83. The molecule has 4 aromatic rings. The first kappa shape index (κ1) is 26.6. The number of benzene rings is 4. The smallest absolute Gasteiger partial charge is 0.169 e. The molecule has 0 unspecified atom stereocenters. The van der Waals surface area contributed by atoms with Gasteiger partial charge in [-0.3, -0.25) is 9.59 Å². The molecule has 0 saturated heterocycles. The van der Waals surface area contributed by atoms with Gasteiger partial charge in [0.25, 0.3) is 0 Å². The molecule has 0 atom stereocenters. The van der Waals surface area contributed by atoms with Crippen LogP contribution in [0.5, 0.6) is 34.5 Å². The van der Waals surface area contributed by atoms with Crippen LogP contribution in [0.15, 0.2) is 12.1 Å². The summed E-state index contributed by atoms with van der Waals surface area (Å²) in [5, 5.41) is 66.4. The molecule has 4 aromatic carbocycles. The summed E-state index contributed by atoms with van der Waals surface area (Å²) in [6.07, 6.45) is 0.682. The molecule has 0 aliphatic heterocycles. The summed E-state index contributed by atoms with van der Waals surface area (Å²) in [5.41, 5.74) is 1.33. The van der Waals surface area contributed by atoms with Gasteiger partial charge in [-0.2, -0.15) is 0 Å². The Balaban J connectivity index is 2.27. The van der Waals surface area contributed by atoms with Crippen molar-refractivity contribution in [2.24, 2.45) is 0 Å². The SMILES string of the molecule is Cc1[13cH]c2c(C(C)C)c(O)c(O)c(C=O)c2c(O)c1-c1c(C)[13cH]c2c(C(C)C)c(O)c(O)c(C=O)c2c1O. The van der Waals surface area contributed by atoms with Gasteiger partial charge in [0, 0.05) is 33.0 Å². The number of phenolic OH excluding ortho intramolecular Hbond substituents is 6. The normalized spacial score (nSPS) is 11.7. The van der Waals surface area contributed by atoms with E-state index in [1.54, 1.807) is 53.7 Å². The summed E-state index contributed by atoms with van der Waals surface area (Å²) in [5.74, 6) is -3.57. The zero-order chi connectivity index (χ0) is 28.4. The van der Waals surface area contributed by atoms with Gasteiger partial charge in [0.2, 0.25) is 0 Å². The molecule has 0 fully saturated rings. The Kier molecular flexibility index (Phi) is 6.39. The molecule has 0 radical (unpaired) electrons. The summed E-state index contributed by atoms with van der Waals surface area (Å²) in [7, 11) is 0. The summed E-state index contributed by atoms with van der Waals surface area (Å²) in [6.45, 7) is 10.5. The molecule has 38 heavy (non-hydrogen) atoms. The van der Waals surface area contributed by atoms with E-state index in [1.165, 1.54) is 0 Å². The molecule has 0 amide bonds. The van der Waals surface area contributed by atoms with Crippen LogP contribution in [0.3, 0.4) is 0 Å². The fourth-order valence-corrected chi connectivity index (χ4v) is 5.60. The maximum atomic E-state index is 12.0. The molecule has 0 aliphatic carbocycles. The first-order valence-electron chi connectivity index (χ1n) is 12.2. The minimum Gasteiger partial charge on any atom is -0.507 e. The van der Waals surface area contributed by atoms with E-state index in [9.17, 15) is 40.2 Å². The number of phenols is 6. The maximum Gasteiger partial charge on any atom is 0.169 e. The van der Waals surface area contributed by atoms with Crippen molar-refractivity contribution in [1.82, 2.24) is 0 Å². The number of aldehydes is 2. The lowest BCUT2D eigenvalue weighted by molar-refractivity contribution is 0.111. The van der Waals surface area contributed by atoms with Crippen molar-refractivity contribution in [3.05, 3.63) is 45.5 Å². The largest absolute Gasteiger partial charge is 0.507 e. The van der Waals surface area contributed by atoms with E-state index < -0.39 is 34.5 Å². The van der Waals surface area contributed by atoms with E-state index in [0.717, 1.165) is 0 Å². The fraction of sp³-hybridized carbons (Fsp3) is 0.267. The summed E-state index contributed by atoms with van der Waals surface area (Å²) < 4.78 is 0. The van der Waals surface area contributed by atoms with E-state index in [4.69, 9.17) is 0 Å². The Morgan fingerprint density at radius 1 is 0.553 bits per heavy atom. The third-order valence-corrected chi connectivity index (χ3v) is 7.22. The quantitative estimate of drug-likeness (QED) is 0.131. The highest BCUT2D eigenvalue weighted by atomic mass is 16.3. The second-order valence-corrected chi connectivity index (χ2v) is 10.3. The van der Waals surface area contributed by atoms with E-state index in [1.807, 2.05) is 0 Å². The van der Waals surface area contributed by atoms with Crippen molar-refractivity contribution in [2.75, 3.05) is 0 Å². The Bertz CT molecular complexity index is 1550. The van der Waals surface area contributed by atoms with Crippen LogP contribution < -0.4 is 0 Å². The second-order valence-electron chi connectivity index (χ2n) is 10.3. The number of aryl methyl sites for hydroxylation is 2. The molecule has 4 rings (SSSR count). The predicted octanol–water partition coefficient (Wildman–Crippen LogP) is 6.38. The van der Waals surface area contributed by atoms with Crippen LogP contribution in [0, 0.1) is 13.8 Å². The number of hydrogen-bond acceptors (Lipinski definition) is 8. The van der Waals surface area contributed by atoms with Crippen LogP contribution in [0.4, 0.5) is 0 Å². The zero-order valence-electron chi connectivity index (χ0n) is 22.0. The first-order valence-corrected chi connectivity index (χ1v) is 12.2. The molecule has 0 aromatic heterocycles. The van der Waals surface area contributed by atoms with Gasteiger partial charge in [-0.1, -0.05) is 39.8 Å². The van der Waals surface area contributed by atoms with Gasteiger partial charge in [0.1, 0.15) is 11.5 Å². The molecule has 8 nitrogen and oxygen atoms in total. The monoisotopic (exact) mass is 520 g/mol. The van der Waals surface area contributed by atoms with Crippen LogP contribution in [-0.4, -0.2) is 43.2 Å². The number of rotatable bonds is 5. The van der Waals surface area contributed by atoms with Crippen LogP contribution in [0.1, 0.15) is 82.5 Å². The van der Waals surface area contributed by atoms with Crippen LogP contribution in [-0.2, 0) is 0 Å². The lowest BCUT2D eigenvalue weighted by Gasteiger charge is -2.23. The molecule has 0 heterocycles. The van der Waals surface area contributed by atoms with E-state index >= 15 is 0 Å². The molecular weight excluding hydrogens is 490 g/mol. The highest BCUT2D eigenvalue weighted by Gasteiger charge is 2.29. The van der Waals surface area contributed by atoms with Crippen molar-refractivity contribution in [3.8, 4) is 45.6 Å². The first-order chi connectivity index (χ1) is 17.8. The van der Waals surface area contributed by atoms with Gasteiger partial charge < -0.3 is 30.6 Å². The topological polar surface area (TPSA) is 156 Å². The summed E-state index contributed by atoms with van der Waals surface area (Å²) >= 11 is 0. The molecular formula is C30H30O8. The third kappa shape index (κ3) is 3.51. The lowest BCUT2D eigenvalue weighted by atomic mass is 9.87. The Morgan fingerprint density at radius 2 is 0.868 bits per heavy atom. The Morgan fingerprint density at radius 3 is 1.13 bits per heavy atom. The van der Waals surface area contributed by atoms with Gasteiger partial charge in [-0.05, 0) is 47.6 Å². The van der Waals surface area contributed by atoms with Crippen molar-refractivity contribution in [3.63, 3.8) is 0 Å². The highest BCUT2D eigenvalue weighted by Crippen LogP contribution is 2.54. The van der Waals surface area contributed by atoms with Gasteiger partial charge in [-0.15, -0.1) is 0 Å². The lowest BCUT2D eigenvalue weighted by Crippen LogP contribution is -2.01. The predicted molar refractivity (Wildman–Crippen MR) is 145 cm³/mol. The van der Waals surface area contributed by atoms with Crippen LogP contribution >= 0.6 is 0 Å². The molecule has 0 bridgehead atoms. The van der Waals surface area contributed by atoms with Crippen LogP contribution in [0.2, 0.25) is 0 Å². The van der Waals surface area contributed by atoms with Crippen molar-refractivity contribution >= 4 is 34.1 Å². The van der Waals surface area contributed by atoms with Crippen molar-refractivity contribution < 1.29 is 40.2 Å². The summed E-state index contributed by atoms with van der Waals surface area (Å²) in [6, 6.07) is 3.31. The maximum absolute atomic E-state index is 12.0. The Hall–Kier alpha value is -4.46. The van der Waals surface area contributed by atoms with Crippen molar-refractivity contribution in [1.29, 1.82) is 0 Å². The van der Waals surface area contributed by atoms with E-state index in [-0.39, 0.29) is 44.9 Å². The third-order valence-electron chi connectivity index (χ3n) is 7.22. The standard InChI is InChI=1S/C30H30O8/c1-11(2)19-15-7-13(5)21(27(35)23(15)17(9-31)25(33)29(19)37)22-14(6)8-16-20(12(3)4)30(38)26(34)18(10-32)24(16)28(22)36/h7-12,33-38H,1-6H3/i7+1,8+1. The highest BCUT2D eigenvalue weighted by molar-refractivity contribution is 6.14. The molecule has 198 valence electrons. The number of carbonyl (C=O) groups is 2. The Labute approximate surface area is 219 Å². The molecule has 0 saturated carbocycles. The van der Waals surface area contributed by atoms with E-state index in [0.29, 0.717) is 45.6 Å². The van der Waals surface area contributed by atoms with Gasteiger partial charge >= 0.3 is 0 Å². The molecule has 6 N–H and O–H groups in total. The van der Waals surface area contributed by atoms with Gasteiger partial charge in [0.05, 0.1) is 11.1 Å². The number of aromatic hydroxyl groups is 6. The molecule has 8 heteroatoms. The van der Waals surface area contributed by atoms with Crippen molar-refractivity contribution in [2.45, 2.75) is 53.4 Å². The molecule has 0 aliphatic rings. The number of hydrogen-bond donors (Lipinski definition) is 6. The second kappa shape index (κ2) is 9.13.